The van der Waals surface area contributed by atoms with Gasteiger partial charge in [-0.2, -0.15) is 13.2 Å². The first-order chi connectivity index (χ1) is 22.9. The van der Waals surface area contributed by atoms with Crippen LogP contribution in [0.5, 0.6) is 0 Å². The Labute approximate surface area is 287 Å². The Hall–Kier alpha value is -3.07. The van der Waals surface area contributed by atoms with Crippen molar-refractivity contribution in [1.82, 2.24) is 24.5 Å². The number of likely N-dealkylation sites (tertiary alicyclic amines) is 2. The topological polar surface area (TPSA) is 105 Å². The van der Waals surface area contributed by atoms with Crippen molar-refractivity contribution in [3.63, 3.8) is 0 Å². The third-order valence-electron chi connectivity index (χ3n) is 10.4. The normalized spacial score (nSPS) is 21.3. The number of nitrogens with zero attached hydrogens (tertiary/aromatic N) is 5. The fourth-order valence-electron chi connectivity index (χ4n) is 7.54. The summed E-state index contributed by atoms with van der Waals surface area (Å²) in [4.78, 5) is 50.6. The van der Waals surface area contributed by atoms with Gasteiger partial charge in [0.25, 0.3) is 0 Å². The first kappa shape index (κ1) is 34.8. The summed E-state index contributed by atoms with van der Waals surface area (Å²) in [6.07, 6.45) is -1.58. The fourth-order valence-corrected chi connectivity index (χ4v) is 8.58. The number of alkyl halides is 3. The molecular formula is C33H43ClF3N7O3S. The van der Waals surface area contributed by atoms with E-state index in [0.29, 0.717) is 51.6 Å². The second-order valence-electron chi connectivity index (χ2n) is 13.5. The summed E-state index contributed by atoms with van der Waals surface area (Å²) < 4.78 is 41.4. The Kier molecular flexibility index (Phi) is 10.4. The molecule has 3 saturated heterocycles. The Morgan fingerprint density at radius 1 is 1.00 bits per heavy atom. The van der Waals surface area contributed by atoms with Crippen molar-refractivity contribution < 1.29 is 27.6 Å². The molecule has 0 bridgehead atoms. The minimum absolute atomic E-state index is 0.0295. The molecule has 5 heterocycles. The molecule has 4 aliphatic rings. The number of nitrogen functional groups attached to an aromatic ring is 1. The number of nitrogens with one attached hydrogen (secondary N) is 1. The van der Waals surface area contributed by atoms with Crippen molar-refractivity contribution in [3.8, 4) is 0 Å². The van der Waals surface area contributed by atoms with Gasteiger partial charge in [-0.15, -0.1) is 11.3 Å². The third-order valence-corrected chi connectivity index (χ3v) is 11.6. The average molecular weight is 710 g/mol. The molecule has 0 radical (unpaired) electrons. The Balaban J connectivity index is 1.13. The van der Waals surface area contributed by atoms with Crippen LogP contribution < -0.4 is 11.1 Å². The number of hydrogen-bond donors (Lipinski definition) is 2. The molecule has 4 amide bonds. The highest BCUT2D eigenvalue weighted by Gasteiger charge is 2.38. The number of carbonyl (C=O) groups excluding carboxylic acids is 3. The van der Waals surface area contributed by atoms with Gasteiger partial charge >= 0.3 is 12.2 Å². The highest BCUT2D eigenvalue weighted by atomic mass is 35.5. The molecule has 0 spiro atoms. The molecule has 6 rings (SSSR count). The monoisotopic (exact) mass is 709 g/mol. The zero-order valence-electron chi connectivity index (χ0n) is 27.1. The summed E-state index contributed by atoms with van der Waals surface area (Å²) in [6, 6.07) is 4.61. The molecule has 1 atom stereocenters. The predicted molar refractivity (Wildman–Crippen MR) is 180 cm³/mol. The largest absolute Gasteiger partial charge is 0.418 e. The molecule has 48 heavy (non-hydrogen) atoms. The van der Waals surface area contributed by atoms with Crippen molar-refractivity contribution in [2.24, 2.45) is 5.92 Å². The number of piperidine rings is 2. The summed E-state index contributed by atoms with van der Waals surface area (Å²) in [6.45, 7) is 5.88. The molecule has 0 saturated carbocycles. The van der Waals surface area contributed by atoms with Gasteiger partial charge in [-0.1, -0.05) is 11.6 Å². The molecule has 4 aliphatic heterocycles. The summed E-state index contributed by atoms with van der Waals surface area (Å²) in [5.41, 5.74) is 5.35. The number of nitrogens with two attached hydrogens (primary N) is 1. The molecule has 0 aliphatic carbocycles. The average Bonchev–Trinajstić information content (AvgIpc) is 3.52. The van der Waals surface area contributed by atoms with Crippen LogP contribution in [0.25, 0.3) is 0 Å². The SMILES string of the molecule is CN1CCC(N2CCN(C(=O)[C@H](CC(=O)N3CCC(N4Cc5ccsc5NC4=O)CC3)Cc3cc(Cl)c(N)c(C(F)(F)F)c3)CC2)CC1. The van der Waals surface area contributed by atoms with E-state index in [0.717, 1.165) is 55.7 Å². The zero-order chi connectivity index (χ0) is 34.2. The number of rotatable bonds is 7. The lowest BCUT2D eigenvalue weighted by molar-refractivity contribution is -0.143. The molecule has 10 nitrogen and oxygen atoms in total. The lowest BCUT2D eigenvalue weighted by Crippen LogP contribution is -2.55. The van der Waals surface area contributed by atoms with Gasteiger partial charge in [-0.25, -0.2) is 4.79 Å². The van der Waals surface area contributed by atoms with Crippen LogP contribution in [-0.4, -0.2) is 114 Å². The van der Waals surface area contributed by atoms with Crippen molar-refractivity contribution in [2.45, 2.75) is 63.3 Å². The number of thiophene rings is 1. The van der Waals surface area contributed by atoms with Crippen LogP contribution in [0, 0.1) is 5.92 Å². The van der Waals surface area contributed by atoms with E-state index in [1.807, 2.05) is 16.3 Å². The zero-order valence-corrected chi connectivity index (χ0v) is 28.7. The number of amides is 4. The minimum Gasteiger partial charge on any atom is -0.397 e. The lowest BCUT2D eigenvalue weighted by Gasteiger charge is -2.43. The summed E-state index contributed by atoms with van der Waals surface area (Å²) >= 11 is 7.63. The Morgan fingerprint density at radius 3 is 2.33 bits per heavy atom. The first-order valence-electron chi connectivity index (χ1n) is 16.7. The second kappa shape index (κ2) is 14.4. The van der Waals surface area contributed by atoms with Crippen LogP contribution in [-0.2, 0) is 28.7 Å². The second-order valence-corrected chi connectivity index (χ2v) is 14.8. The van der Waals surface area contributed by atoms with E-state index >= 15 is 0 Å². The Morgan fingerprint density at radius 2 is 1.67 bits per heavy atom. The lowest BCUT2D eigenvalue weighted by atomic mass is 9.91. The van der Waals surface area contributed by atoms with Gasteiger partial charge in [-0.3, -0.25) is 19.8 Å². The van der Waals surface area contributed by atoms with Gasteiger partial charge in [0.15, 0.2) is 0 Å². The molecule has 262 valence electrons. The van der Waals surface area contributed by atoms with E-state index < -0.39 is 23.3 Å². The number of benzene rings is 1. The summed E-state index contributed by atoms with van der Waals surface area (Å²) in [7, 11) is 2.12. The van der Waals surface area contributed by atoms with Gasteiger partial charge in [0.05, 0.1) is 28.7 Å². The highest BCUT2D eigenvalue weighted by Crippen LogP contribution is 2.39. The van der Waals surface area contributed by atoms with E-state index in [9.17, 15) is 27.6 Å². The predicted octanol–water partition coefficient (Wildman–Crippen LogP) is 4.83. The molecule has 3 N–H and O–H groups in total. The van der Waals surface area contributed by atoms with Gasteiger partial charge in [0.1, 0.15) is 5.00 Å². The number of carbonyl (C=O) groups is 3. The molecule has 3 fully saturated rings. The van der Waals surface area contributed by atoms with Gasteiger partial charge < -0.3 is 25.3 Å². The number of urea groups is 1. The molecule has 1 aromatic heterocycles. The van der Waals surface area contributed by atoms with Crippen LogP contribution in [0.4, 0.5) is 28.7 Å². The van der Waals surface area contributed by atoms with Crippen LogP contribution in [0.1, 0.15) is 48.8 Å². The quantitative estimate of drug-likeness (QED) is 0.400. The van der Waals surface area contributed by atoms with E-state index in [-0.39, 0.29) is 47.3 Å². The van der Waals surface area contributed by atoms with Crippen LogP contribution in [0.2, 0.25) is 5.02 Å². The fraction of sp³-hybridized carbons (Fsp3) is 0.606. The van der Waals surface area contributed by atoms with E-state index in [2.05, 4.69) is 22.2 Å². The molecule has 15 heteroatoms. The van der Waals surface area contributed by atoms with Crippen LogP contribution >= 0.6 is 22.9 Å². The smallest absolute Gasteiger partial charge is 0.397 e. The molecule has 0 unspecified atom stereocenters. The van der Waals surface area contributed by atoms with Crippen molar-refractivity contribution in [3.05, 3.63) is 45.3 Å². The maximum absolute atomic E-state index is 14.1. The molecular weight excluding hydrogens is 667 g/mol. The van der Waals surface area contributed by atoms with Crippen molar-refractivity contribution in [1.29, 1.82) is 0 Å². The number of piperazine rings is 1. The number of halogens is 4. The van der Waals surface area contributed by atoms with Crippen LogP contribution in [0.3, 0.4) is 0 Å². The molecule has 2 aromatic rings. The maximum Gasteiger partial charge on any atom is 0.418 e. The summed E-state index contributed by atoms with van der Waals surface area (Å²) in [5, 5.41) is 5.53. The first-order valence-corrected chi connectivity index (χ1v) is 17.9. The summed E-state index contributed by atoms with van der Waals surface area (Å²) in [5.74, 6) is -1.33. The van der Waals surface area contributed by atoms with Gasteiger partial charge in [0, 0.05) is 63.3 Å². The van der Waals surface area contributed by atoms with Gasteiger partial charge in [0.2, 0.25) is 11.8 Å². The van der Waals surface area contributed by atoms with Crippen molar-refractivity contribution >= 4 is 51.5 Å². The van der Waals surface area contributed by atoms with E-state index in [4.69, 9.17) is 17.3 Å². The van der Waals surface area contributed by atoms with Crippen LogP contribution in [0.15, 0.2) is 23.6 Å². The Bertz CT molecular complexity index is 1500. The van der Waals surface area contributed by atoms with E-state index in [1.54, 1.807) is 9.80 Å². The minimum atomic E-state index is -4.72. The molecule has 1 aromatic carbocycles. The maximum atomic E-state index is 14.1. The standard InChI is InChI=1S/C33H43ClF3N7O3S/c1-40-7-2-24(3-8-40)41-11-13-43(14-12-41)31(46)23(16-21-17-26(33(35,36)37)29(38)27(34)18-21)19-28(45)42-9-4-25(5-10-42)44-20-22-6-15-48-30(22)39-32(44)47/h6,15,17-18,23-25H,2-5,7-14,16,19-20,38H2,1H3,(H,39,47)/t23-/m0/s1. The van der Waals surface area contributed by atoms with Gasteiger partial charge in [-0.05, 0) is 81.4 Å². The number of fused-ring (bicyclic) bond motifs is 1. The number of anilines is 2. The van der Waals surface area contributed by atoms with Crippen molar-refractivity contribution in [2.75, 3.05) is 70.5 Å². The third kappa shape index (κ3) is 7.71. The van der Waals surface area contributed by atoms with E-state index in [1.165, 1.54) is 17.4 Å². The number of hydrogen-bond acceptors (Lipinski definition) is 7. The highest BCUT2D eigenvalue weighted by molar-refractivity contribution is 7.14.